The van der Waals surface area contributed by atoms with Gasteiger partial charge in [0.1, 0.15) is 12.7 Å². The van der Waals surface area contributed by atoms with Crippen LogP contribution >= 0.6 is 0 Å². The highest BCUT2D eigenvalue weighted by Crippen LogP contribution is 2.33. The summed E-state index contributed by atoms with van der Waals surface area (Å²) >= 11 is 0. The average Bonchev–Trinajstić information content (AvgIpc) is 3.60. The molecule has 0 radical (unpaired) electrons. The smallest absolute Gasteiger partial charge is 0.410 e. The van der Waals surface area contributed by atoms with Gasteiger partial charge in [-0.15, -0.1) is 0 Å². The number of alkyl carbamates (subject to hydrolysis) is 1. The molecule has 4 rings (SSSR count). The molecule has 2 amide bonds. The van der Waals surface area contributed by atoms with Crippen LogP contribution in [0.1, 0.15) is 44.2 Å². The fourth-order valence-electron chi connectivity index (χ4n) is 5.38. The maximum atomic E-state index is 13.3. The number of hydrogen-bond donors (Lipinski definition) is 2. The summed E-state index contributed by atoms with van der Waals surface area (Å²) in [7, 11) is 0. The number of nitrogens with one attached hydrogen (secondary N) is 1. The van der Waals surface area contributed by atoms with Crippen molar-refractivity contribution in [3.63, 3.8) is 0 Å². The molecule has 10 heteroatoms. The van der Waals surface area contributed by atoms with Gasteiger partial charge in [0, 0.05) is 13.0 Å². The molecule has 0 aromatic heterocycles. The zero-order chi connectivity index (χ0) is 30.0. The summed E-state index contributed by atoms with van der Waals surface area (Å²) in [6.45, 7) is 5.00. The van der Waals surface area contributed by atoms with Crippen molar-refractivity contribution in [2.24, 2.45) is 11.3 Å². The molecule has 0 saturated carbocycles. The number of hydrogen-bond acceptors (Lipinski definition) is 8. The standard InChI is InChI=1S/C32H41N3O7/c1-32(2,15-9-16-33)22-35(31(38)41-20-24-12-7-4-8-13-24)19-27(36)26(18-23-10-5-3-6-11-23)34-30(37)42-28-21-40-29-25(28)14-17-39-29/h3-8,10-13,25-29,36H,9,14-15,17-22H2,1-2H3,(H,34,37)/t25-,26?,27+,28-,29+/m0/s1. The van der Waals surface area contributed by atoms with E-state index in [1.807, 2.05) is 74.5 Å². The minimum absolute atomic E-state index is 0.0150. The van der Waals surface area contributed by atoms with Crippen LogP contribution in [0.2, 0.25) is 0 Å². The van der Waals surface area contributed by atoms with Crippen molar-refractivity contribution in [3.8, 4) is 6.07 Å². The highest BCUT2D eigenvalue weighted by Gasteiger charge is 2.44. The minimum Gasteiger partial charge on any atom is -0.445 e. The lowest BCUT2D eigenvalue weighted by Gasteiger charge is -2.35. The van der Waals surface area contributed by atoms with E-state index in [1.165, 1.54) is 4.90 Å². The van der Waals surface area contributed by atoms with Crippen LogP contribution < -0.4 is 5.32 Å². The van der Waals surface area contributed by atoms with Crippen LogP contribution in [0.3, 0.4) is 0 Å². The zero-order valence-corrected chi connectivity index (χ0v) is 24.3. The van der Waals surface area contributed by atoms with Gasteiger partial charge in [-0.25, -0.2) is 9.59 Å². The topological polar surface area (TPSA) is 130 Å². The first kappa shape index (κ1) is 31.3. The lowest BCUT2D eigenvalue weighted by atomic mass is 9.87. The van der Waals surface area contributed by atoms with E-state index in [0.717, 1.165) is 17.5 Å². The third-order valence-electron chi connectivity index (χ3n) is 7.71. The van der Waals surface area contributed by atoms with Gasteiger partial charge < -0.3 is 34.3 Å². The molecule has 2 aliphatic rings. The van der Waals surface area contributed by atoms with E-state index >= 15 is 0 Å². The van der Waals surface area contributed by atoms with Crippen molar-refractivity contribution in [1.82, 2.24) is 10.2 Å². The lowest BCUT2D eigenvalue weighted by Crippen LogP contribution is -2.52. The predicted octanol–water partition coefficient (Wildman–Crippen LogP) is 4.41. The summed E-state index contributed by atoms with van der Waals surface area (Å²) in [5.74, 6) is -0.0150. The van der Waals surface area contributed by atoms with E-state index in [1.54, 1.807) is 0 Å². The van der Waals surface area contributed by atoms with Crippen molar-refractivity contribution in [2.45, 2.75) is 70.7 Å². The van der Waals surface area contributed by atoms with Gasteiger partial charge >= 0.3 is 12.2 Å². The number of nitriles is 1. The van der Waals surface area contributed by atoms with Crippen molar-refractivity contribution in [2.75, 3.05) is 26.3 Å². The van der Waals surface area contributed by atoms with Crippen molar-refractivity contribution < 1.29 is 33.6 Å². The van der Waals surface area contributed by atoms with Crippen LogP contribution in [0, 0.1) is 22.7 Å². The van der Waals surface area contributed by atoms with Crippen LogP contribution in [-0.2, 0) is 32.0 Å². The molecule has 2 aromatic rings. The number of carbonyl (C=O) groups is 2. The fourth-order valence-corrected chi connectivity index (χ4v) is 5.38. The first-order chi connectivity index (χ1) is 20.2. The Morgan fingerprint density at radius 2 is 1.81 bits per heavy atom. The van der Waals surface area contributed by atoms with Gasteiger partial charge in [0.2, 0.25) is 0 Å². The number of benzene rings is 2. The molecule has 2 aliphatic heterocycles. The van der Waals surface area contributed by atoms with E-state index < -0.39 is 35.9 Å². The number of ether oxygens (including phenoxy) is 4. The first-order valence-corrected chi connectivity index (χ1v) is 14.5. The molecule has 2 fully saturated rings. The number of nitrogens with zero attached hydrogens (tertiary/aromatic N) is 2. The molecule has 10 nitrogen and oxygen atoms in total. The summed E-state index contributed by atoms with van der Waals surface area (Å²) in [5.41, 5.74) is 1.33. The van der Waals surface area contributed by atoms with Crippen LogP contribution in [0.25, 0.3) is 0 Å². The van der Waals surface area contributed by atoms with Gasteiger partial charge in [0.25, 0.3) is 0 Å². The lowest BCUT2D eigenvalue weighted by molar-refractivity contribution is -0.0907. The van der Waals surface area contributed by atoms with Gasteiger partial charge in [-0.2, -0.15) is 5.26 Å². The Morgan fingerprint density at radius 3 is 2.50 bits per heavy atom. The van der Waals surface area contributed by atoms with Crippen LogP contribution in [0.15, 0.2) is 60.7 Å². The Balaban J connectivity index is 1.46. The normalized spacial score (nSPS) is 21.0. The molecule has 5 atom stereocenters. The van der Waals surface area contributed by atoms with Crippen molar-refractivity contribution in [1.29, 1.82) is 5.26 Å². The molecule has 42 heavy (non-hydrogen) atoms. The molecular weight excluding hydrogens is 538 g/mol. The molecule has 2 heterocycles. The van der Waals surface area contributed by atoms with Crippen LogP contribution in [-0.4, -0.2) is 73.0 Å². The molecule has 2 saturated heterocycles. The van der Waals surface area contributed by atoms with Crippen LogP contribution in [0.5, 0.6) is 0 Å². The third-order valence-corrected chi connectivity index (χ3v) is 7.71. The molecule has 226 valence electrons. The molecule has 1 unspecified atom stereocenters. The summed E-state index contributed by atoms with van der Waals surface area (Å²) in [6, 6.07) is 20.2. The third kappa shape index (κ3) is 9.18. The van der Waals surface area contributed by atoms with E-state index in [-0.39, 0.29) is 38.5 Å². The SMILES string of the molecule is CC(C)(CCC#N)CN(C[C@@H](O)C(Cc1ccccc1)NC(=O)O[C@H]1CO[C@H]2OCC[C@H]21)C(=O)OCc1ccccc1. The Labute approximate surface area is 247 Å². The van der Waals surface area contributed by atoms with E-state index in [9.17, 15) is 14.7 Å². The summed E-state index contributed by atoms with van der Waals surface area (Å²) in [6.07, 6.45) is -1.21. The number of aliphatic hydroxyl groups excluding tert-OH is 1. The Bertz CT molecular complexity index is 1190. The zero-order valence-electron chi connectivity index (χ0n) is 24.3. The number of rotatable bonds is 13. The second-order valence-corrected chi connectivity index (χ2v) is 11.7. The van der Waals surface area contributed by atoms with E-state index in [0.29, 0.717) is 25.9 Å². The van der Waals surface area contributed by atoms with E-state index in [4.69, 9.17) is 24.2 Å². The molecule has 0 bridgehead atoms. The maximum Gasteiger partial charge on any atom is 0.410 e. The Kier molecular flexibility index (Phi) is 11.2. The molecule has 2 N–H and O–H groups in total. The van der Waals surface area contributed by atoms with Gasteiger partial charge in [-0.1, -0.05) is 74.5 Å². The Hall–Kier alpha value is -3.65. The predicted molar refractivity (Wildman–Crippen MR) is 154 cm³/mol. The number of amides is 2. The first-order valence-electron chi connectivity index (χ1n) is 14.5. The second-order valence-electron chi connectivity index (χ2n) is 11.7. The maximum absolute atomic E-state index is 13.3. The monoisotopic (exact) mass is 579 g/mol. The second kappa shape index (κ2) is 15.0. The minimum atomic E-state index is -1.14. The summed E-state index contributed by atoms with van der Waals surface area (Å²) in [4.78, 5) is 27.8. The molecule has 2 aromatic carbocycles. The van der Waals surface area contributed by atoms with Crippen LogP contribution in [0.4, 0.5) is 9.59 Å². The van der Waals surface area contributed by atoms with Crippen molar-refractivity contribution in [3.05, 3.63) is 71.8 Å². The quantitative estimate of drug-likeness (QED) is 0.357. The molecule has 0 spiro atoms. The summed E-state index contributed by atoms with van der Waals surface area (Å²) in [5, 5.41) is 23.4. The molecule has 0 aliphatic carbocycles. The Morgan fingerprint density at radius 1 is 1.12 bits per heavy atom. The van der Waals surface area contributed by atoms with E-state index in [2.05, 4.69) is 11.4 Å². The number of carbonyl (C=O) groups excluding carboxylic acids is 2. The highest BCUT2D eigenvalue weighted by atomic mass is 16.7. The largest absolute Gasteiger partial charge is 0.445 e. The van der Waals surface area contributed by atoms with Gasteiger partial charge in [-0.05, 0) is 35.8 Å². The number of aliphatic hydroxyl groups is 1. The van der Waals surface area contributed by atoms with Gasteiger partial charge in [-0.3, -0.25) is 0 Å². The highest BCUT2D eigenvalue weighted by molar-refractivity contribution is 5.69. The van der Waals surface area contributed by atoms with Gasteiger partial charge in [0.15, 0.2) is 6.29 Å². The van der Waals surface area contributed by atoms with Gasteiger partial charge in [0.05, 0.1) is 43.9 Å². The molecular formula is C32H41N3O7. The summed E-state index contributed by atoms with van der Waals surface area (Å²) < 4.78 is 22.4. The fraction of sp³-hybridized carbons (Fsp3) is 0.531. The van der Waals surface area contributed by atoms with Crippen molar-refractivity contribution >= 4 is 12.2 Å². The number of fused-ring (bicyclic) bond motifs is 1. The average molecular weight is 580 g/mol.